The molecule has 10 heteroatoms. The van der Waals surface area contributed by atoms with Crippen LogP contribution in [0.3, 0.4) is 0 Å². The molecule has 5 N–H and O–H groups in total. The molecule has 2 aromatic rings. The first kappa shape index (κ1) is 22.0. The molecule has 9 nitrogen and oxygen atoms in total. The number of cyclic esters (lactones) is 1. The number of halogens is 1. The number of aromatic hydroxyl groups is 4. The Morgan fingerprint density at radius 3 is 2.48 bits per heavy atom. The summed E-state index contributed by atoms with van der Waals surface area (Å²) in [7, 11) is 0. The summed E-state index contributed by atoms with van der Waals surface area (Å²) < 4.78 is 5.23. The molecule has 3 rings (SSSR count). The fourth-order valence-corrected chi connectivity index (χ4v) is 3.47. The molecule has 1 heterocycles. The smallest absolute Gasteiger partial charge is 0.342 e. The van der Waals surface area contributed by atoms with E-state index in [-0.39, 0.29) is 70.5 Å². The topological polar surface area (TPSA) is 149 Å². The standard InChI is InChI=1S/C21H19ClN2O7/c1-2-6-23-19-11-5-7-31-21(30)17-10(18(22)14(26)9-13(17)25)3-4-16(28)24-12(20(11)29)8-15(19)27/h2,6,8-9,25-27,29H,1,3-5,7H2,(H,24,28). The molecule has 2 aromatic carbocycles. The summed E-state index contributed by atoms with van der Waals surface area (Å²) >= 11 is 6.10. The first-order chi connectivity index (χ1) is 14.7. The van der Waals surface area contributed by atoms with Gasteiger partial charge in [-0.15, -0.1) is 0 Å². The Morgan fingerprint density at radius 2 is 1.77 bits per heavy atom. The Labute approximate surface area is 181 Å². The van der Waals surface area contributed by atoms with Gasteiger partial charge in [-0.05, 0) is 12.0 Å². The van der Waals surface area contributed by atoms with Crippen molar-refractivity contribution < 1.29 is 34.8 Å². The van der Waals surface area contributed by atoms with E-state index in [9.17, 15) is 30.0 Å². The first-order valence-corrected chi connectivity index (χ1v) is 9.55. The van der Waals surface area contributed by atoms with Gasteiger partial charge in [-0.3, -0.25) is 9.79 Å². The first-order valence-electron chi connectivity index (χ1n) is 9.17. The minimum atomic E-state index is -0.926. The van der Waals surface area contributed by atoms with Crippen molar-refractivity contribution in [2.24, 2.45) is 4.99 Å². The van der Waals surface area contributed by atoms with Crippen molar-refractivity contribution in [3.8, 4) is 23.0 Å². The maximum Gasteiger partial charge on any atom is 0.342 e. The number of aliphatic imine (C=N–C) groups is 1. The highest BCUT2D eigenvalue weighted by molar-refractivity contribution is 6.33. The zero-order valence-electron chi connectivity index (χ0n) is 16.2. The van der Waals surface area contributed by atoms with Crippen molar-refractivity contribution in [1.82, 2.24) is 0 Å². The highest BCUT2D eigenvalue weighted by Crippen LogP contribution is 2.43. The molecule has 0 fully saturated rings. The predicted octanol–water partition coefficient (Wildman–Crippen LogP) is 3.33. The third kappa shape index (κ3) is 4.41. The highest BCUT2D eigenvalue weighted by atomic mass is 35.5. The van der Waals surface area contributed by atoms with Crippen LogP contribution >= 0.6 is 11.6 Å². The molecule has 0 aliphatic carbocycles. The Hall–Kier alpha value is -3.72. The highest BCUT2D eigenvalue weighted by Gasteiger charge is 2.26. The lowest BCUT2D eigenvalue weighted by atomic mass is 10.0. The lowest BCUT2D eigenvalue weighted by Gasteiger charge is -2.15. The molecule has 0 saturated heterocycles. The van der Waals surface area contributed by atoms with Gasteiger partial charge in [-0.2, -0.15) is 0 Å². The molecule has 0 radical (unpaired) electrons. The van der Waals surface area contributed by atoms with E-state index in [0.29, 0.717) is 0 Å². The molecule has 162 valence electrons. The van der Waals surface area contributed by atoms with Gasteiger partial charge in [0.1, 0.15) is 34.2 Å². The Bertz CT molecular complexity index is 1110. The average Bonchev–Trinajstić information content (AvgIpc) is 2.71. The number of esters is 1. The van der Waals surface area contributed by atoms with Crippen LogP contribution in [-0.4, -0.2) is 45.1 Å². The number of hydrogen-bond acceptors (Lipinski definition) is 8. The summed E-state index contributed by atoms with van der Waals surface area (Å²) in [6.07, 6.45) is 2.28. The normalized spacial score (nSPS) is 14.6. The van der Waals surface area contributed by atoms with Crippen molar-refractivity contribution in [2.45, 2.75) is 19.3 Å². The van der Waals surface area contributed by atoms with Crippen molar-refractivity contribution >= 4 is 41.1 Å². The number of allylic oxidation sites excluding steroid dienone is 1. The number of phenols is 4. The van der Waals surface area contributed by atoms with Crippen LogP contribution in [0.4, 0.5) is 11.4 Å². The summed E-state index contributed by atoms with van der Waals surface area (Å²) in [5, 5.41) is 43.3. The van der Waals surface area contributed by atoms with Crippen molar-refractivity contribution in [3.63, 3.8) is 0 Å². The average molecular weight is 447 g/mol. The molecule has 1 aliphatic rings. The summed E-state index contributed by atoms with van der Waals surface area (Å²) in [5.74, 6) is -3.14. The number of nitrogens with one attached hydrogen (secondary N) is 1. The molecule has 0 spiro atoms. The molecule has 1 aliphatic heterocycles. The second kappa shape index (κ2) is 8.97. The van der Waals surface area contributed by atoms with E-state index in [4.69, 9.17) is 16.3 Å². The number of amides is 1. The van der Waals surface area contributed by atoms with E-state index in [1.807, 2.05) is 0 Å². The van der Waals surface area contributed by atoms with Crippen LogP contribution in [0.1, 0.15) is 27.9 Å². The Kier molecular flexibility index (Phi) is 6.36. The minimum absolute atomic E-state index is 0.0255. The van der Waals surface area contributed by atoms with Gasteiger partial charge in [0.15, 0.2) is 0 Å². The van der Waals surface area contributed by atoms with Crippen LogP contribution < -0.4 is 5.32 Å². The van der Waals surface area contributed by atoms with E-state index < -0.39 is 23.4 Å². The van der Waals surface area contributed by atoms with Gasteiger partial charge in [-0.25, -0.2) is 4.79 Å². The number of phenolic OH excluding ortho intramolecular Hbond substituents is 4. The van der Waals surface area contributed by atoms with E-state index in [1.54, 1.807) is 0 Å². The van der Waals surface area contributed by atoms with E-state index in [0.717, 1.165) is 12.1 Å². The van der Waals surface area contributed by atoms with Crippen LogP contribution in [-0.2, 0) is 22.4 Å². The zero-order chi connectivity index (χ0) is 22.7. The number of hydrogen-bond donors (Lipinski definition) is 5. The van der Waals surface area contributed by atoms with Gasteiger partial charge in [-0.1, -0.05) is 24.3 Å². The number of rotatable bonds is 2. The van der Waals surface area contributed by atoms with Crippen LogP contribution in [0.5, 0.6) is 23.0 Å². The molecule has 0 aromatic heterocycles. The lowest BCUT2D eigenvalue weighted by Crippen LogP contribution is -2.14. The number of fused-ring (bicyclic) bond motifs is 3. The lowest BCUT2D eigenvalue weighted by molar-refractivity contribution is -0.116. The van der Waals surface area contributed by atoms with Gasteiger partial charge in [0.25, 0.3) is 0 Å². The molecule has 2 bridgehead atoms. The third-order valence-corrected chi connectivity index (χ3v) is 5.07. The van der Waals surface area contributed by atoms with Crippen LogP contribution in [0.2, 0.25) is 5.02 Å². The fourth-order valence-electron chi connectivity index (χ4n) is 3.22. The maximum absolute atomic E-state index is 12.6. The largest absolute Gasteiger partial charge is 0.507 e. The zero-order valence-corrected chi connectivity index (χ0v) is 16.9. The number of anilines is 1. The van der Waals surface area contributed by atoms with Gasteiger partial charge in [0.05, 0.1) is 17.3 Å². The summed E-state index contributed by atoms with van der Waals surface area (Å²) in [6, 6.07) is 2.06. The Morgan fingerprint density at radius 1 is 1.03 bits per heavy atom. The molecule has 0 saturated carbocycles. The van der Waals surface area contributed by atoms with Crippen LogP contribution in [0, 0.1) is 0 Å². The second-order valence-electron chi connectivity index (χ2n) is 6.65. The summed E-state index contributed by atoms with van der Waals surface area (Å²) in [5.41, 5.74) is -0.107. The van der Waals surface area contributed by atoms with Crippen molar-refractivity contribution in [1.29, 1.82) is 0 Å². The number of benzene rings is 2. The number of ether oxygens (including phenoxy) is 1. The molecular formula is C21H19ClN2O7. The second-order valence-corrected chi connectivity index (χ2v) is 7.03. The van der Waals surface area contributed by atoms with E-state index >= 15 is 0 Å². The van der Waals surface area contributed by atoms with Gasteiger partial charge < -0.3 is 30.5 Å². The minimum Gasteiger partial charge on any atom is -0.507 e. The van der Waals surface area contributed by atoms with Gasteiger partial charge in [0.2, 0.25) is 5.91 Å². The molecule has 31 heavy (non-hydrogen) atoms. The van der Waals surface area contributed by atoms with Crippen LogP contribution in [0.25, 0.3) is 0 Å². The number of carbonyl (C=O) groups is 2. The molecule has 0 atom stereocenters. The van der Waals surface area contributed by atoms with E-state index in [2.05, 4.69) is 16.9 Å². The van der Waals surface area contributed by atoms with Crippen molar-refractivity contribution in [3.05, 3.63) is 46.5 Å². The third-order valence-electron chi connectivity index (χ3n) is 4.65. The molecule has 1 amide bonds. The quantitative estimate of drug-likeness (QED) is 0.205. The maximum atomic E-state index is 12.6. The SMILES string of the molecule is C=CC=Nc1c(O)cc2c(O)c1CCOC(=O)c1c(O)cc(O)c(Cl)c1CCC(=O)N2. The van der Waals surface area contributed by atoms with E-state index in [1.165, 1.54) is 12.3 Å². The fraction of sp³-hybridized carbons (Fsp3) is 0.190. The number of carbonyl (C=O) groups excluding carboxylic acids is 2. The van der Waals surface area contributed by atoms with Crippen molar-refractivity contribution in [2.75, 3.05) is 11.9 Å². The molecular weight excluding hydrogens is 428 g/mol. The van der Waals surface area contributed by atoms with Gasteiger partial charge in [0, 0.05) is 36.8 Å². The molecule has 0 unspecified atom stereocenters. The van der Waals surface area contributed by atoms with Gasteiger partial charge >= 0.3 is 5.97 Å². The van der Waals surface area contributed by atoms with Crippen LogP contribution in [0.15, 0.2) is 29.8 Å². The summed E-state index contributed by atoms with van der Waals surface area (Å²) in [4.78, 5) is 29.1. The Balaban J connectivity index is 2.09. The monoisotopic (exact) mass is 446 g/mol. The predicted molar refractivity (Wildman–Crippen MR) is 114 cm³/mol. The summed E-state index contributed by atoms with van der Waals surface area (Å²) in [6.45, 7) is 3.25. The number of nitrogens with zero attached hydrogens (tertiary/aromatic N) is 1.